The van der Waals surface area contributed by atoms with Gasteiger partial charge in [-0.05, 0) is 60.3 Å². The lowest BCUT2D eigenvalue weighted by Gasteiger charge is -2.41. The molecule has 1 unspecified atom stereocenters. The van der Waals surface area contributed by atoms with Crippen LogP contribution < -0.4 is 5.73 Å². The summed E-state index contributed by atoms with van der Waals surface area (Å²) < 4.78 is 27.0. The van der Waals surface area contributed by atoms with Gasteiger partial charge in [0.1, 0.15) is 11.6 Å². The zero-order valence-electron chi connectivity index (χ0n) is 19.0. The van der Waals surface area contributed by atoms with Crippen LogP contribution in [-0.4, -0.2) is 49.1 Å². The van der Waals surface area contributed by atoms with E-state index in [1.807, 2.05) is 24.3 Å². The Labute approximate surface area is 195 Å². The molecule has 0 spiro atoms. The molecule has 174 valence electrons. The zero-order valence-corrected chi connectivity index (χ0v) is 19.0. The van der Waals surface area contributed by atoms with Crippen LogP contribution in [0.15, 0.2) is 78.9 Å². The SMILES string of the molecule is NCCN1CCN(CCCC(c2ccc(F)cc2)c2ccc(F)cc2)CC1c1ccccc1. The molecule has 1 saturated heterocycles. The summed E-state index contributed by atoms with van der Waals surface area (Å²) in [5.74, 6) is -0.354. The summed E-state index contributed by atoms with van der Waals surface area (Å²) in [7, 11) is 0. The lowest BCUT2D eigenvalue weighted by Crippen LogP contribution is -2.49. The number of hydrogen-bond acceptors (Lipinski definition) is 3. The van der Waals surface area contributed by atoms with Crippen LogP contribution in [0.3, 0.4) is 0 Å². The maximum atomic E-state index is 13.5. The minimum absolute atomic E-state index is 0.120. The van der Waals surface area contributed by atoms with Gasteiger partial charge in [0.05, 0.1) is 0 Å². The van der Waals surface area contributed by atoms with Crippen molar-refractivity contribution in [2.45, 2.75) is 24.8 Å². The minimum Gasteiger partial charge on any atom is -0.329 e. The van der Waals surface area contributed by atoms with Crippen molar-refractivity contribution < 1.29 is 8.78 Å². The maximum absolute atomic E-state index is 13.5. The first-order chi connectivity index (χ1) is 16.1. The van der Waals surface area contributed by atoms with E-state index in [1.165, 1.54) is 29.8 Å². The molecule has 1 aliphatic rings. The van der Waals surface area contributed by atoms with Gasteiger partial charge in [-0.2, -0.15) is 0 Å². The van der Waals surface area contributed by atoms with Crippen molar-refractivity contribution in [3.8, 4) is 0 Å². The first kappa shape index (κ1) is 23.6. The molecule has 1 aliphatic heterocycles. The van der Waals surface area contributed by atoms with E-state index >= 15 is 0 Å². The van der Waals surface area contributed by atoms with Gasteiger partial charge in [-0.15, -0.1) is 0 Å². The Kier molecular flexibility index (Phi) is 8.21. The quantitative estimate of drug-likeness (QED) is 0.488. The molecule has 0 amide bonds. The topological polar surface area (TPSA) is 32.5 Å². The third-order valence-electron chi connectivity index (χ3n) is 6.69. The summed E-state index contributed by atoms with van der Waals surface area (Å²) in [6, 6.07) is 24.4. The van der Waals surface area contributed by atoms with Crippen LogP contribution in [0.2, 0.25) is 0 Å². The number of halogens is 2. The Morgan fingerprint density at radius 2 is 1.39 bits per heavy atom. The van der Waals surface area contributed by atoms with Gasteiger partial charge in [0.25, 0.3) is 0 Å². The highest BCUT2D eigenvalue weighted by molar-refractivity contribution is 5.32. The lowest BCUT2D eigenvalue weighted by molar-refractivity contribution is 0.0752. The fraction of sp³-hybridized carbons (Fsp3) is 0.357. The van der Waals surface area contributed by atoms with E-state index in [0.29, 0.717) is 12.6 Å². The van der Waals surface area contributed by atoms with Gasteiger partial charge >= 0.3 is 0 Å². The predicted molar refractivity (Wildman–Crippen MR) is 130 cm³/mol. The van der Waals surface area contributed by atoms with Crippen LogP contribution in [0.1, 0.15) is 41.5 Å². The molecule has 3 aromatic carbocycles. The smallest absolute Gasteiger partial charge is 0.123 e. The van der Waals surface area contributed by atoms with Gasteiger partial charge in [0, 0.05) is 44.7 Å². The lowest BCUT2D eigenvalue weighted by atomic mass is 9.87. The summed E-state index contributed by atoms with van der Waals surface area (Å²) in [5.41, 5.74) is 9.35. The molecule has 2 N–H and O–H groups in total. The van der Waals surface area contributed by atoms with Crippen LogP contribution in [0.5, 0.6) is 0 Å². The van der Waals surface area contributed by atoms with Crippen molar-refractivity contribution >= 4 is 0 Å². The van der Waals surface area contributed by atoms with Gasteiger partial charge in [0.15, 0.2) is 0 Å². The second-order valence-electron chi connectivity index (χ2n) is 8.85. The first-order valence-corrected chi connectivity index (χ1v) is 11.9. The fourth-order valence-electron chi connectivity index (χ4n) is 4.94. The van der Waals surface area contributed by atoms with Crippen LogP contribution >= 0.6 is 0 Å². The van der Waals surface area contributed by atoms with Crippen LogP contribution in [0.25, 0.3) is 0 Å². The van der Waals surface area contributed by atoms with E-state index in [-0.39, 0.29) is 17.6 Å². The Morgan fingerprint density at radius 3 is 1.97 bits per heavy atom. The van der Waals surface area contributed by atoms with Gasteiger partial charge < -0.3 is 10.6 Å². The average molecular weight is 450 g/mol. The normalized spacial score (nSPS) is 17.5. The summed E-state index contributed by atoms with van der Waals surface area (Å²) in [6.07, 6.45) is 1.94. The number of rotatable bonds is 9. The molecule has 4 rings (SSSR count). The van der Waals surface area contributed by atoms with Gasteiger partial charge in [-0.25, -0.2) is 8.78 Å². The highest BCUT2D eigenvalue weighted by Crippen LogP contribution is 2.31. The summed E-state index contributed by atoms with van der Waals surface area (Å²) in [6.45, 7) is 5.60. The van der Waals surface area contributed by atoms with E-state index in [4.69, 9.17) is 5.73 Å². The van der Waals surface area contributed by atoms with Gasteiger partial charge in [-0.3, -0.25) is 4.90 Å². The maximum Gasteiger partial charge on any atom is 0.123 e. The van der Waals surface area contributed by atoms with Crippen molar-refractivity contribution in [1.29, 1.82) is 0 Å². The van der Waals surface area contributed by atoms with E-state index in [2.05, 4.69) is 40.1 Å². The summed E-state index contributed by atoms with van der Waals surface area (Å²) in [5, 5.41) is 0. The second kappa shape index (κ2) is 11.5. The van der Waals surface area contributed by atoms with Crippen molar-refractivity contribution in [2.75, 3.05) is 39.3 Å². The molecule has 0 aliphatic carbocycles. The molecule has 3 aromatic rings. The van der Waals surface area contributed by atoms with E-state index in [9.17, 15) is 8.78 Å². The van der Waals surface area contributed by atoms with Crippen molar-refractivity contribution in [2.24, 2.45) is 5.73 Å². The first-order valence-electron chi connectivity index (χ1n) is 11.9. The number of benzene rings is 3. The molecular formula is C28H33F2N3. The van der Waals surface area contributed by atoms with Crippen LogP contribution in [0.4, 0.5) is 8.78 Å². The molecule has 0 aromatic heterocycles. The molecule has 0 saturated carbocycles. The highest BCUT2D eigenvalue weighted by Gasteiger charge is 2.27. The number of hydrogen-bond donors (Lipinski definition) is 1. The average Bonchev–Trinajstić information content (AvgIpc) is 2.85. The molecule has 0 bridgehead atoms. The van der Waals surface area contributed by atoms with Crippen molar-refractivity contribution in [1.82, 2.24) is 9.80 Å². The van der Waals surface area contributed by atoms with Gasteiger partial charge in [0.2, 0.25) is 0 Å². The highest BCUT2D eigenvalue weighted by atomic mass is 19.1. The summed E-state index contributed by atoms with van der Waals surface area (Å²) >= 11 is 0. The number of piperazine rings is 1. The molecule has 1 atom stereocenters. The standard InChI is InChI=1S/C28H33F2N3/c29-25-12-8-22(9-13-25)27(23-10-14-26(30)15-11-23)7-4-17-32-19-20-33(18-16-31)28(21-32)24-5-2-1-3-6-24/h1-3,5-6,8-15,27-28H,4,7,16-21,31H2. The van der Waals surface area contributed by atoms with Crippen LogP contribution in [0, 0.1) is 11.6 Å². The third kappa shape index (κ3) is 6.26. The molecule has 3 nitrogen and oxygen atoms in total. The molecule has 1 heterocycles. The Bertz CT molecular complexity index is 931. The Balaban J connectivity index is 1.42. The molecule has 5 heteroatoms. The zero-order chi connectivity index (χ0) is 23.0. The molecular weight excluding hydrogens is 416 g/mol. The van der Waals surface area contributed by atoms with Crippen molar-refractivity contribution in [3.63, 3.8) is 0 Å². The van der Waals surface area contributed by atoms with Crippen molar-refractivity contribution in [3.05, 3.63) is 107 Å². The third-order valence-corrected chi connectivity index (χ3v) is 6.69. The Hall–Kier alpha value is -2.60. The second-order valence-corrected chi connectivity index (χ2v) is 8.85. The minimum atomic E-state index is -0.237. The number of nitrogens with zero attached hydrogens (tertiary/aromatic N) is 2. The Morgan fingerprint density at radius 1 is 0.788 bits per heavy atom. The monoisotopic (exact) mass is 449 g/mol. The predicted octanol–water partition coefficient (Wildman–Crippen LogP) is 5.19. The van der Waals surface area contributed by atoms with Crippen LogP contribution in [-0.2, 0) is 0 Å². The molecule has 33 heavy (non-hydrogen) atoms. The fourth-order valence-corrected chi connectivity index (χ4v) is 4.94. The molecule has 0 radical (unpaired) electrons. The summed E-state index contributed by atoms with van der Waals surface area (Å²) in [4.78, 5) is 5.03. The van der Waals surface area contributed by atoms with E-state index in [0.717, 1.165) is 56.7 Å². The van der Waals surface area contributed by atoms with E-state index < -0.39 is 0 Å². The molecule has 1 fully saturated rings. The van der Waals surface area contributed by atoms with E-state index in [1.54, 1.807) is 0 Å². The largest absolute Gasteiger partial charge is 0.329 e. The number of nitrogens with two attached hydrogens (primary N) is 1. The van der Waals surface area contributed by atoms with Gasteiger partial charge in [-0.1, -0.05) is 54.6 Å².